The number of nitrogens with two attached hydrogens (primary N) is 1. The number of ether oxygens (including phenoxy) is 3. The van der Waals surface area contributed by atoms with E-state index in [-0.39, 0.29) is 17.8 Å². The van der Waals surface area contributed by atoms with Crippen molar-refractivity contribution in [3.63, 3.8) is 0 Å². The Morgan fingerprint density at radius 2 is 1.38 bits per heavy atom. The molecule has 12 nitrogen and oxygen atoms in total. The van der Waals surface area contributed by atoms with Crippen LogP contribution < -0.4 is 5.73 Å². The lowest BCUT2D eigenvalue weighted by molar-refractivity contribution is -0.156. The highest BCUT2D eigenvalue weighted by Gasteiger charge is 2.16. The van der Waals surface area contributed by atoms with E-state index in [9.17, 15) is 24.0 Å². The predicted molar refractivity (Wildman–Crippen MR) is 123 cm³/mol. The molecule has 0 aliphatic carbocycles. The minimum atomic E-state index is -0.882. The summed E-state index contributed by atoms with van der Waals surface area (Å²) in [6.07, 6.45) is 5.21. The molecule has 1 atom stereocenters. The fourth-order valence-corrected chi connectivity index (χ4v) is 1.64. The summed E-state index contributed by atoms with van der Waals surface area (Å²) in [5.41, 5.74) is 4.99. The van der Waals surface area contributed by atoms with Crippen LogP contribution in [0.2, 0.25) is 0 Å². The molecule has 12 heteroatoms. The monoisotopic (exact) mass is 485 g/mol. The number of isocyanates is 2. The molecule has 0 radical (unpaired) electrons. The molecular weight excluding hydrogens is 450 g/mol. The maximum Gasteiger partial charge on any atom is 0.404 e. The fraction of sp³-hybridized carbons (Fsp3) is 0.591. The standard InChI is InChI=1S/C11H16O5.C8H12N2O2.C3H7NO2/c1-7(2)10(13)15-6-9(5-12)16-11(14)8(3)4;11-7-9-5-3-1-2-4-6-10-8-12;1-2-6-3(4)5/h9,12H,1,3,5-6H2,2,4H3;1-6H2;2H2,1H3,(H2,4,5). The lowest BCUT2D eigenvalue weighted by atomic mass is 10.2. The van der Waals surface area contributed by atoms with Crippen LogP contribution in [0.3, 0.4) is 0 Å². The van der Waals surface area contributed by atoms with Crippen LogP contribution in [0.15, 0.2) is 34.3 Å². The molecule has 0 aliphatic rings. The molecule has 1 unspecified atom stereocenters. The summed E-state index contributed by atoms with van der Waals surface area (Å²) < 4.78 is 13.7. The molecule has 192 valence electrons. The van der Waals surface area contributed by atoms with Crippen molar-refractivity contribution < 1.29 is 43.3 Å². The minimum Gasteiger partial charge on any atom is -0.458 e. The molecule has 0 saturated carbocycles. The number of unbranched alkanes of at least 4 members (excludes halogenated alkanes) is 3. The number of aliphatic hydroxyl groups excluding tert-OH is 1. The van der Waals surface area contributed by atoms with Crippen molar-refractivity contribution >= 4 is 30.2 Å². The summed E-state index contributed by atoms with van der Waals surface area (Å²) in [4.78, 5) is 57.8. The second-order valence-electron chi connectivity index (χ2n) is 6.48. The number of nitrogens with zero attached hydrogens (tertiary/aromatic N) is 2. The van der Waals surface area contributed by atoms with Crippen LogP contribution in [0.1, 0.15) is 46.5 Å². The summed E-state index contributed by atoms with van der Waals surface area (Å²) in [7, 11) is 0. The highest BCUT2D eigenvalue weighted by Crippen LogP contribution is 2.01. The van der Waals surface area contributed by atoms with E-state index in [1.165, 1.54) is 26.0 Å². The summed E-state index contributed by atoms with van der Waals surface area (Å²) in [5, 5.41) is 8.89. The Morgan fingerprint density at radius 1 is 0.912 bits per heavy atom. The van der Waals surface area contributed by atoms with Crippen LogP contribution in [0.5, 0.6) is 0 Å². The van der Waals surface area contributed by atoms with Crippen molar-refractivity contribution in [1.29, 1.82) is 0 Å². The largest absolute Gasteiger partial charge is 0.458 e. The van der Waals surface area contributed by atoms with Crippen LogP contribution in [0, 0.1) is 0 Å². The van der Waals surface area contributed by atoms with Crippen molar-refractivity contribution in [3.8, 4) is 0 Å². The van der Waals surface area contributed by atoms with E-state index in [2.05, 4.69) is 33.6 Å². The van der Waals surface area contributed by atoms with Crippen molar-refractivity contribution in [3.05, 3.63) is 24.3 Å². The van der Waals surface area contributed by atoms with Gasteiger partial charge in [0.25, 0.3) is 0 Å². The summed E-state index contributed by atoms with van der Waals surface area (Å²) in [6, 6.07) is 0. The van der Waals surface area contributed by atoms with E-state index in [0.29, 0.717) is 19.7 Å². The molecule has 0 heterocycles. The van der Waals surface area contributed by atoms with E-state index in [1.54, 1.807) is 6.92 Å². The van der Waals surface area contributed by atoms with Gasteiger partial charge in [0.2, 0.25) is 12.2 Å². The van der Waals surface area contributed by atoms with Crippen molar-refractivity contribution in [2.45, 2.75) is 52.6 Å². The Hall–Kier alpha value is -3.59. The van der Waals surface area contributed by atoms with Crippen molar-refractivity contribution in [2.24, 2.45) is 15.7 Å². The molecule has 0 aliphatic heterocycles. The van der Waals surface area contributed by atoms with Gasteiger partial charge in [0.1, 0.15) is 6.61 Å². The fourth-order valence-electron chi connectivity index (χ4n) is 1.64. The second-order valence-corrected chi connectivity index (χ2v) is 6.48. The smallest absolute Gasteiger partial charge is 0.404 e. The number of aliphatic hydroxyl groups is 1. The third-order valence-corrected chi connectivity index (χ3v) is 3.28. The summed E-state index contributed by atoms with van der Waals surface area (Å²) >= 11 is 0. The van der Waals surface area contributed by atoms with Gasteiger partial charge >= 0.3 is 18.0 Å². The van der Waals surface area contributed by atoms with E-state index in [4.69, 9.17) is 14.6 Å². The van der Waals surface area contributed by atoms with Crippen LogP contribution in [-0.2, 0) is 33.4 Å². The van der Waals surface area contributed by atoms with Gasteiger partial charge in [-0.1, -0.05) is 26.0 Å². The van der Waals surface area contributed by atoms with E-state index in [0.717, 1.165) is 25.7 Å². The van der Waals surface area contributed by atoms with E-state index in [1.807, 2.05) is 0 Å². The molecule has 1 amide bonds. The number of carbonyl (C=O) groups is 3. The van der Waals surface area contributed by atoms with E-state index < -0.39 is 30.7 Å². The third kappa shape index (κ3) is 28.4. The number of carbonyl (C=O) groups excluding carboxylic acids is 5. The Balaban J connectivity index is -0.000000469. The second kappa shape index (κ2) is 25.7. The van der Waals surface area contributed by atoms with Gasteiger partial charge in [-0.05, 0) is 33.6 Å². The molecule has 0 fully saturated rings. The van der Waals surface area contributed by atoms with Gasteiger partial charge < -0.3 is 25.1 Å². The lowest BCUT2D eigenvalue weighted by Gasteiger charge is -2.15. The maximum atomic E-state index is 11.1. The van der Waals surface area contributed by atoms with Crippen LogP contribution in [-0.4, -0.2) is 74.3 Å². The third-order valence-electron chi connectivity index (χ3n) is 3.28. The minimum absolute atomic E-state index is 0.207. The predicted octanol–water partition coefficient (Wildman–Crippen LogP) is 1.91. The zero-order valence-corrected chi connectivity index (χ0v) is 20.0. The van der Waals surface area contributed by atoms with Gasteiger partial charge in [0.15, 0.2) is 6.10 Å². The van der Waals surface area contributed by atoms with Gasteiger partial charge in [-0.15, -0.1) is 0 Å². The molecule has 0 bridgehead atoms. The average molecular weight is 486 g/mol. The van der Waals surface area contributed by atoms with Gasteiger partial charge in [0, 0.05) is 11.1 Å². The van der Waals surface area contributed by atoms with Gasteiger partial charge in [-0.25, -0.2) is 34.0 Å². The number of hydrogen-bond donors (Lipinski definition) is 2. The van der Waals surface area contributed by atoms with E-state index >= 15 is 0 Å². The van der Waals surface area contributed by atoms with Crippen LogP contribution in [0.25, 0.3) is 0 Å². The molecule has 0 spiro atoms. The normalized spacial score (nSPS) is 9.65. The average Bonchev–Trinajstić information content (AvgIpc) is 2.78. The highest BCUT2D eigenvalue weighted by atomic mass is 16.6. The number of amides is 1. The zero-order valence-electron chi connectivity index (χ0n) is 20.0. The van der Waals surface area contributed by atoms with Crippen molar-refractivity contribution in [1.82, 2.24) is 0 Å². The van der Waals surface area contributed by atoms with Crippen LogP contribution in [0.4, 0.5) is 4.79 Å². The number of aliphatic imine (C=N–C) groups is 2. The van der Waals surface area contributed by atoms with Gasteiger partial charge in [-0.2, -0.15) is 0 Å². The molecule has 0 aromatic rings. The molecule has 0 saturated heterocycles. The molecule has 0 rings (SSSR count). The number of hydrogen-bond acceptors (Lipinski definition) is 11. The zero-order chi connectivity index (χ0) is 26.8. The first-order valence-electron chi connectivity index (χ1n) is 10.4. The first-order valence-corrected chi connectivity index (χ1v) is 10.4. The number of primary amides is 1. The molecule has 3 N–H and O–H groups in total. The number of rotatable bonds is 14. The molecule has 0 aromatic carbocycles. The topological polar surface area (TPSA) is 184 Å². The van der Waals surface area contributed by atoms with Gasteiger partial charge in [0.05, 0.1) is 26.3 Å². The van der Waals surface area contributed by atoms with Gasteiger partial charge in [-0.3, -0.25) is 0 Å². The Kier molecular flexibility index (Phi) is 26.4. The summed E-state index contributed by atoms with van der Waals surface area (Å²) in [6.45, 7) is 12.3. The first kappa shape index (κ1) is 35.0. The number of esters is 2. The van der Waals surface area contributed by atoms with Crippen LogP contribution >= 0.6 is 0 Å². The first-order chi connectivity index (χ1) is 16.1. The Morgan fingerprint density at radius 3 is 1.68 bits per heavy atom. The Bertz CT molecular complexity index is 703. The molecule has 0 aromatic heterocycles. The highest BCUT2D eigenvalue weighted by molar-refractivity contribution is 5.87. The van der Waals surface area contributed by atoms with Crippen molar-refractivity contribution in [2.75, 3.05) is 32.9 Å². The SMILES string of the molecule is C=C(C)C(=O)OCC(CO)OC(=O)C(=C)C.CCOC(N)=O.O=C=NCCCCCCN=C=O. The Labute approximate surface area is 199 Å². The quantitative estimate of drug-likeness (QED) is 0.0926. The molecular formula is C22H35N3O9. The molecule has 34 heavy (non-hydrogen) atoms. The maximum absolute atomic E-state index is 11.1. The lowest BCUT2D eigenvalue weighted by Crippen LogP contribution is -2.28. The summed E-state index contributed by atoms with van der Waals surface area (Å²) in [5.74, 6) is -1.23.